The molecule has 0 saturated carbocycles. The molecule has 1 fully saturated rings. The molecule has 9 nitrogen and oxygen atoms in total. The Morgan fingerprint density at radius 1 is 0.976 bits per heavy atom. The van der Waals surface area contributed by atoms with Gasteiger partial charge in [-0.3, -0.25) is 9.78 Å². The lowest BCUT2D eigenvalue weighted by Crippen LogP contribution is -2.32. The van der Waals surface area contributed by atoms with E-state index in [0.717, 1.165) is 21.4 Å². The van der Waals surface area contributed by atoms with Crippen LogP contribution < -0.4 is 10.0 Å². The summed E-state index contributed by atoms with van der Waals surface area (Å²) in [5.41, 5.74) is 4.66. The lowest BCUT2D eigenvalue weighted by Gasteiger charge is -2.36. The van der Waals surface area contributed by atoms with Crippen molar-refractivity contribution in [1.29, 1.82) is 0 Å². The SMILES string of the molecule is O=C(Nc1cccc(C2OC(CSc3cccc[n+]3[O-])CC(c3ccc(CO)cc3)O2)c1)c1cnc2ccccc2n1. The molecule has 3 heterocycles. The highest BCUT2D eigenvalue weighted by Gasteiger charge is 2.33. The third-order valence-corrected chi connectivity index (χ3v) is 8.07. The minimum absolute atomic E-state index is 0.0353. The van der Waals surface area contributed by atoms with E-state index in [4.69, 9.17) is 9.47 Å². The van der Waals surface area contributed by atoms with Gasteiger partial charge in [0.2, 0.25) is 0 Å². The fourth-order valence-corrected chi connectivity index (χ4v) is 5.68. The number of thioether (sulfide) groups is 1. The van der Waals surface area contributed by atoms with Gasteiger partial charge in [0, 0.05) is 35.6 Å². The topological polar surface area (TPSA) is 121 Å². The molecule has 1 aliphatic rings. The summed E-state index contributed by atoms with van der Waals surface area (Å²) in [6, 6.07) is 27.7. The number of anilines is 1. The molecule has 0 aliphatic carbocycles. The van der Waals surface area contributed by atoms with Crippen molar-refractivity contribution in [2.75, 3.05) is 11.1 Å². The summed E-state index contributed by atoms with van der Waals surface area (Å²) in [4.78, 5) is 21.8. The summed E-state index contributed by atoms with van der Waals surface area (Å²) in [5, 5.41) is 25.1. The first-order valence-electron chi connectivity index (χ1n) is 13.5. The third kappa shape index (κ3) is 6.42. The number of aliphatic hydroxyl groups excluding tert-OH is 1. The molecule has 1 amide bonds. The normalized spacial score (nSPS) is 18.5. The molecule has 10 heteroatoms. The van der Waals surface area contributed by atoms with Gasteiger partial charge in [-0.1, -0.05) is 60.3 Å². The molecule has 5 aromatic rings. The monoisotopic (exact) mass is 580 g/mol. The molecule has 0 spiro atoms. The third-order valence-electron chi connectivity index (χ3n) is 6.92. The van der Waals surface area contributed by atoms with Gasteiger partial charge in [-0.15, -0.1) is 0 Å². The fourth-order valence-electron chi connectivity index (χ4n) is 4.75. The molecule has 212 valence electrons. The van der Waals surface area contributed by atoms with Crippen molar-refractivity contribution < 1.29 is 24.1 Å². The first kappa shape index (κ1) is 27.8. The zero-order valence-electron chi connectivity index (χ0n) is 22.5. The Labute approximate surface area is 246 Å². The maximum absolute atomic E-state index is 13.0. The number of ether oxygens (including phenoxy) is 2. The quantitative estimate of drug-likeness (QED) is 0.143. The van der Waals surface area contributed by atoms with Gasteiger partial charge >= 0.3 is 0 Å². The number of hydrogen-bond donors (Lipinski definition) is 2. The first-order valence-corrected chi connectivity index (χ1v) is 14.5. The highest BCUT2D eigenvalue weighted by atomic mass is 32.2. The maximum atomic E-state index is 13.0. The van der Waals surface area contributed by atoms with Crippen LogP contribution in [0.25, 0.3) is 11.0 Å². The van der Waals surface area contributed by atoms with Gasteiger partial charge in [-0.2, -0.15) is 4.73 Å². The van der Waals surface area contributed by atoms with Crippen LogP contribution in [-0.2, 0) is 16.1 Å². The number of fused-ring (bicyclic) bond motifs is 1. The summed E-state index contributed by atoms with van der Waals surface area (Å²) in [7, 11) is 0. The van der Waals surface area contributed by atoms with Gasteiger partial charge < -0.3 is 25.1 Å². The van der Waals surface area contributed by atoms with Crippen molar-refractivity contribution in [3.8, 4) is 0 Å². The summed E-state index contributed by atoms with van der Waals surface area (Å²) in [6.45, 7) is -0.0353. The summed E-state index contributed by atoms with van der Waals surface area (Å²) >= 11 is 1.43. The average molecular weight is 581 g/mol. The number of pyridine rings is 1. The molecular weight excluding hydrogens is 552 g/mol. The predicted molar refractivity (Wildman–Crippen MR) is 158 cm³/mol. The molecule has 42 heavy (non-hydrogen) atoms. The van der Waals surface area contributed by atoms with Crippen LogP contribution in [0.1, 0.15) is 46.0 Å². The molecule has 6 rings (SSSR count). The van der Waals surface area contributed by atoms with Crippen LogP contribution in [0.4, 0.5) is 5.69 Å². The van der Waals surface area contributed by atoms with E-state index < -0.39 is 6.29 Å². The van der Waals surface area contributed by atoms with E-state index in [2.05, 4.69) is 15.3 Å². The number of amides is 1. The van der Waals surface area contributed by atoms with Gasteiger partial charge in [-0.25, -0.2) is 4.98 Å². The van der Waals surface area contributed by atoms with Gasteiger partial charge in [0.15, 0.2) is 12.5 Å². The number of hydrogen-bond acceptors (Lipinski definition) is 8. The van der Waals surface area contributed by atoms with Gasteiger partial charge in [0.1, 0.15) is 5.69 Å². The highest BCUT2D eigenvalue weighted by molar-refractivity contribution is 7.99. The van der Waals surface area contributed by atoms with E-state index in [1.165, 1.54) is 24.2 Å². The second-order valence-corrected chi connectivity index (χ2v) is 10.9. The number of aromatic nitrogens is 3. The number of rotatable bonds is 8. The van der Waals surface area contributed by atoms with E-state index in [1.807, 2.05) is 72.8 Å². The predicted octanol–water partition coefficient (Wildman–Crippen LogP) is 5.35. The smallest absolute Gasteiger partial charge is 0.275 e. The van der Waals surface area contributed by atoms with E-state index >= 15 is 0 Å². The van der Waals surface area contributed by atoms with Gasteiger partial charge in [-0.05, 0) is 41.5 Å². The number of carbonyl (C=O) groups is 1. The van der Waals surface area contributed by atoms with Crippen LogP contribution in [0.15, 0.2) is 108 Å². The van der Waals surface area contributed by atoms with E-state index in [0.29, 0.717) is 33.9 Å². The van der Waals surface area contributed by atoms with E-state index in [1.54, 1.807) is 18.2 Å². The second-order valence-electron chi connectivity index (χ2n) is 9.85. The van der Waals surface area contributed by atoms with Gasteiger partial charge in [0.25, 0.3) is 10.9 Å². The number of nitrogens with zero attached hydrogens (tertiary/aromatic N) is 3. The summed E-state index contributed by atoms with van der Waals surface area (Å²) in [6.07, 6.45) is 2.32. The number of para-hydroxylation sites is 2. The van der Waals surface area contributed by atoms with Crippen molar-refractivity contribution in [2.45, 2.75) is 36.6 Å². The summed E-state index contributed by atoms with van der Waals surface area (Å²) < 4.78 is 13.7. The summed E-state index contributed by atoms with van der Waals surface area (Å²) in [5.74, 6) is 0.176. The number of benzene rings is 3. The van der Waals surface area contributed by atoms with Crippen molar-refractivity contribution in [2.24, 2.45) is 0 Å². The molecular formula is C32H28N4O5S. The molecule has 2 N–H and O–H groups in total. The molecule has 3 aromatic carbocycles. The molecule has 3 unspecified atom stereocenters. The van der Waals surface area contributed by atoms with Crippen LogP contribution in [0.3, 0.4) is 0 Å². The minimum atomic E-state index is -0.709. The largest absolute Gasteiger partial charge is 0.618 e. The van der Waals surface area contributed by atoms with Crippen LogP contribution in [-0.4, -0.2) is 32.8 Å². The molecule has 1 saturated heterocycles. The second kappa shape index (κ2) is 12.7. The van der Waals surface area contributed by atoms with Crippen LogP contribution in [0.5, 0.6) is 0 Å². The van der Waals surface area contributed by atoms with Crippen LogP contribution in [0, 0.1) is 5.21 Å². The standard InChI is InChI=1S/C32H28N4O5S/c37-19-21-11-13-22(14-12-21)29-17-25(20-42-30-10-3-4-15-36(30)39)40-32(41-29)23-6-5-7-24(16-23)34-31(38)28-18-33-26-8-1-2-9-27(26)35-28/h1-16,18,25,29,32,37H,17,19-20H2,(H,34,38). The van der Waals surface area contributed by atoms with Crippen molar-refractivity contribution in [3.05, 3.63) is 131 Å². The number of aliphatic hydroxyl groups is 1. The van der Waals surface area contributed by atoms with Gasteiger partial charge in [0.05, 0.1) is 36.0 Å². The molecule has 2 aromatic heterocycles. The molecule has 3 atom stereocenters. The van der Waals surface area contributed by atoms with E-state index in [9.17, 15) is 15.1 Å². The Hall–Kier alpha value is -4.35. The van der Waals surface area contributed by atoms with Crippen molar-refractivity contribution in [1.82, 2.24) is 9.97 Å². The molecule has 0 radical (unpaired) electrons. The lowest BCUT2D eigenvalue weighted by molar-refractivity contribution is -0.645. The molecule has 1 aliphatic heterocycles. The van der Waals surface area contributed by atoms with E-state index in [-0.39, 0.29) is 30.4 Å². The zero-order chi connectivity index (χ0) is 28.9. The fraction of sp³-hybridized carbons (Fsp3) is 0.188. The van der Waals surface area contributed by atoms with Crippen LogP contribution in [0.2, 0.25) is 0 Å². The molecule has 0 bridgehead atoms. The average Bonchev–Trinajstić information content (AvgIpc) is 3.04. The Morgan fingerprint density at radius 2 is 1.79 bits per heavy atom. The lowest BCUT2D eigenvalue weighted by atomic mass is 10.0. The first-order chi connectivity index (χ1) is 20.6. The highest BCUT2D eigenvalue weighted by Crippen LogP contribution is 2.39. The maximum Gasteiger partial charge on any atom is 0.275 e. The number of carbonyl (C=O) groups excluding carboxylic acids is 1. The van der Waals surface area contributed by atoms with Crippen LogP contribution >= 0.6 is 11.8 Å². The van der Waals surface area contributed by atoms with Crippen molar-refractivity contribution >= 4 is 34.4 Å². The number of nitrogens with one attached hydrogen (secondary N) is 1. The Bertz CT molecular complexity index is 1700. The Kier molecular flexibility index (Phi) is 8.38. The Morgan fingerprint density at radius 3 is 2.60 bits per heavy atom. The zero-order valence-corrected chi connectivity index (χ0v) is 23.3. The Balaban J connectivity index is 1.21. The van der Waals surface area contributed by atoms with Crippen molar-refractivity contribution in [3.63, 3.8) is 0 Å². The minimum Gasteiger partial charge on any atom is -0.618 e.